The Balaban J connectivity index is 2.17. The first kappa shape index (κ1) is 15.3. The molecule has 2 aromatic rings. The lowest BCUT2D eigenvalue weighted by molar-refractivity contribution is 0.328. The van der Waals surface area contributed by atoms with Crippen LogP contribution in [0.2, 0.25) is 0 Å². The predicted octanol–water partition coefficient (Wildman–Crippen LogP) is 1.43. The number of hydrogen-bond donors (Lipinski definition) is 2. The van der Waals surface area contributed by atoms with Gasteiger partial charge in [-0.15, -0.1) is 0 Å². The molecule has 21 heavy (non-hydrogen) atoms. The smallest absolute Gasteiger partial charge is 0.267 e. The van der Waals surface area contributed by atoms with Gasteiger partial charge in [-0.25, -0.2) is 8.42 Å². The minimum absolute atomic E-state index is 0.0611. The monoisotopic (exact) mass is 311 g/mol. The zero-order valence-corrected chi connectivity index (χ0v) is 12.6. The minimum Gasteiger partial charge on any atom is -0.492 e. The summed E-state index contributed by atoms with van der Waals surface area (Å²) in [6.45, 7) is 3.96. The van der Waals surface area contributed by atoms with Crippen LogP contribution < -0.4 is 15.2 Å². The molecule has 0 aliphatic heterocycles. The Hall–Kier alpha value is -2.06. The molecule has 0 radical (unpaired) electrons. The second kappa shape index (κ2) is 6.15. The number of sulfonamides is 1. The summed E-state index contributed by atoms with van der Waals surface area (Å²) in [5, 5.41) is 3.65. The van der Waals surface area contributed by atoms with Crippen molar-refractivity contribution in [1.82, 2.24) is 5.16 Å². The van der Waals surface area contributed by atoms with E-state index in [1.807, 2.05) is 0 Å². The number of anilines is 1. The first-order chi connectivity index (χ1) is 9.94. The van der Waals surface area contributed by atoms with E-state index in [0.29, 0.717) is 30.3 Å². The Morgan fingerprint density at radius 2 is 1.95 bits per heavy atom. The molecule has 1 aromatic heterocycles. The van der Waals surface area contributed by atoms with Crippen LogP contribution in [0.4, 0.5) is 5.69 Å². The van der Waals surface area contributed by atoms with E-state index in [0.717, 1.165) is 0 Å². The van der Waals surface area contributed by atoms with Gasteiger partial charge in [0.15, 0.2) is 10.7 Å². The van der Waals surface area contributed by atoms with Gasteiger partial charge in [0.2, 0.25) is 0 Å². The lowest BCUT2D eigenvalue weighted by Gasteiger charge is -2.09. The third-order valence-electron chi connectivity index (χ3n) is 2.73. The molecule has 0 spiro atoms. The lowest BCUT2D eigenvalue weighted by atomic mass is 10.3. The van der Waals surface area contributed by atoms with Gasteiger partial charge in [0.25, 0.3) is 10.0 Å². The van der Waals surface area contributed by atoms with Gasteiger partial charge in [-0.2, -0.15) is 0 Å². The highest BCUT2D eigenvalue weighted by atomic mass is 32.2. The molecule has 3 N–H and O–H groups in total. The van der Waals surface area contributed by atoms with Gasteiger partial charge in [-0.1, -0.05) is 5.16 Å². The van der Waals surface area contributed by atoms with Crippen molar-refractivity contribution in [2.24, 2.45) is 5.73 Å². The molecule has 114 valence electrons. The maximum Gasteiger partial charge on any atom is 0.267 e. The summed E-state index contributed by atoms with van der Waals surface area (Å²) in [6.07, 6.45) is 0. The summed E-state index contributed by atoms with van der Waals surface area (Å²) in [7, 11) is -3.73. The van der Waals surface area contributed by atoms with Crippen molar-refractivity contribution in [3.05, 3.63) is 35.7 Å². The molecular weight excluding hydrogens is 294 g/mol. The number of nitrogens with one attached hydrogen (secondary N) is 1. The second-order valence-electron chi connectivity index (χ2n) is 4.42. The molecule has 1 aromatic carbocycles. The van der Waals surface area contributed by atoms with E-state index in [1.54, 1.807) is 38.1 Å². The van der Waals surface area contributed by atoms with Gasteiger partial charge in [-0.05, 0) is 38.1 Å². The number of ether oxygens (including phenoxy) is 1. The number of nitrogens with two attached hydrogens (primary N) is 1. The van der Waals surface area contributed by atoms with Crippen molar-refractivity contribution < 1.29 is 17.7 Å². The number of hydrogen-bond acceptors (Lipinski definition) is 6. The van der Waals surface area contributed by atoms with Gasteiger partial charge >= 0.3 is 0 Å². The molecule has 0 atom stereocenters. The molecule has 0 fully saturated rings. The van der Waals surface area contributed by atoms with E-state index in [4.69, 9.17) is 15.0 Å². The van der Waals surface area contributed by atoms with E-state index in [9.17, 15) is 8.42 Å². The SMILES string of the molecule is Cc1noc(C)c1S(=O)(=O)Nc1ccc(OCCN)cc1. The van der Waals surface area contributed by atoms with E-state index < -0.39 is 10.0 Å². The fraction of sp³-hybridized carbons (Fsp3) is 0.308. The van der Waals surface area contributed by atoms with Crippen LogP contribution in [0.3, 0.4) is 0 Å². The fourth-order valence-corrected chi connectivity index (χ4v) is 3.25. The summed E-state index contributed by atoms with van der Waals surface area (Å²) < 4.78 is 37.3. The second-order valence-corrected chi connectivity index (χ2v) is 6.04. The Kier molecular flexibility index (Phi) is 4.49. The Morgan fingerprint density at radius 3 is 2.48 bits per heavy atom. The number of aromatic nitrogens is 1. The average molecular weight is 311 g/mol. The highest BCUT2D eigenvalue weighted by molar-refractivity contribution is 7.92. The lowest BCUT2D eigenvalue weighted by Crippen LogP contribution is -2.14. The molecule has 0 saturated heterocycles. The van der Waals surface area contributed by atoms with Gasteiger partial charge in [0.1, 0.15) is 18.1 Å². The molecule has 0 amide bonds. The predicted molar refractivity (Wildman–Crippen MR) is 77.8 cm³/mol. The van der Waals surface area contributed by atoms with Crippen LogP contribution in [0.1, 0.15) is 11.5 Å². The van der Waals surface area contributed by atoms with Crippen molar-refractivity contribution >= 4 is 15.7 Å². The largest absolute Gasteiger partial charge is 0.492 e. The molecule has 1 heterocycles. The Bertz CT molecular complexity index is 688. The third-order valence-corrected chi connectivity index (χ3v) is 4.35. The van der Waals surface area contributed by atoms with Gasteiger partial charge in [0.05, 0.1) is 0 Å². The highest BCUT2D eigenvalue weighted by Crippen LogP contribution is 2.23. The van der Waals surface area contributed by atoms with Crippen molar-refractivity contribution in [3.63, 3.8) is 0 Å². The van der Waals surface area contributed by atoms with Crippen LogP contribution in [0.25, 0.3) is 0 Å². The van der Waals surface area contributed by atoms with Crippen LogP contribution in [0, 0.1) is 13.8 Å². The van der Waals surface area contributed by atoms with E-state index in [1.165, 1.54) is 0 Å². The van der Waals surface area contributed by atoms with Gasteiger partial charge in [-0.3, -0.25) is 4.72 Å². The summed E-state index contributed by atoms with van der Waals surface area (Å²) in [4.78, 5) is 0.0611. The number of benzene rings is 1. The molecule has 7 nitrogen and oxygen atoms in total. The van der Waals surface area contributed by atoms with Crippen LogP contribution >= 0.6 is 0 Å². The zero-order valence-electron chi connectivity index (χ0n) is 11.8. The maximum atomic E-state index is 12.3. The standard InChI is InChI=1S/C13H17N3O4S/c1-9-13(10(2)20-15-9)21(17,18)16-11-3-5-12(6-4-11)19-8-7-14/h3-6,16H,7-8,14H2,1-2H3. The van der Waals surface area contributed by atoms with Crippen molar-refractivity contribution in [1.29, 1.82) is 0 Å². The molecule has 0 bridgehead atoms. The third kappa shape index (κ3) is 3.53. The number of rotatable bonds is 6. The number of aryl methyl sites for hydroxylation is 2. The minimum atomic E-state index is -3.73. The van der Waals surface area contributed by atoms with Gasteiger partial charge < -0.3 is 15.0 Å². The van der Waals surface area contributed by atoms with E-state index in [2.05, 4.69) is 9.88 Å². The van der Waals surface area contributed by atoms with Crippen LogP contribution in [0.5, 0.6) is 5.75 Å². The van der Waals surface area contributed by atoms with E-state index >= 15 is 0 Å². The molecule has 0 aliphatic rings. The fourth-order valence-electron chi connectivity index (χ4n) is 1.86. The van der Waals surface area contributed by atoms with Crippen LogP contribution in [0.15, 0.2) is 33.7 Å². The summed E-state index contributed by atoms with van der Waals surface area (Å²) >= 11 is 0. The highest BCUT2D eigenvalue weighted by Gasteiger charge is 2.24. The molecule has 2 rings (SSSR count). The van der Waals surface area contributed by atoms with Crippen molar-refractivity contribution in [2.45, 2.75) is 18.7 Å². The van der Waals surface area contributed by atoms with Crippen LogP contribution in [-0.4, -0.2) is 26.7 Å². The maximum absolute atomic E-state index is 12.3. The quantitative estimate of drug-likeness (QED) is 0.835. The van der Waals surface area contributed by atoms with Crippen molar-refractivity contribution in [2.75, 3.05) is 17.9 Å². The average Bonchev–Trinajstić information content (AvgIpc) is 2.77. The molecule has 8 heteroatoms. The Labute approximate surface area is 123 Å². The topological polar surface area (TPSA) is 107 Å². The van der Waals surface area contributed by atoms with Crippen molar-refractivity contribution in [3.8, 4) is 5.75 Å². The molecule has 0 saturated carbocycles. The molecule has 0 aliphatic carbocycles. The number of nitrogens with zero attached hydrogens (tertiary/aromatic N) is 1. The Morgan fingerprint density at radius 1 is 1.29 bits per heavy atom. The summed E-state index contributed by atoms with van der Waals surface area (Å²) in [5.41, 5.74) is 6.09. The van der Waals surface area contributed by atoms with Crippen LogP contribution in [-0.2, 0) is 10.0 Å². The zero-order chi connectivity index (χ0) is 15.5. The normalized spacial score (nSPS) is 11.4. The summed E-state index contributed by atoms with van der Waals surface area (Å²) in [6, 6.07) is 6.56. The molecular formula is C13H17N3O4S. The first-order valence-corrected chi connectivity index (χ1v) is 7.81. The summed E-state index contributed by atoms with van der Waals surface area (Å²) in [5.74, 6) is 0.878. The van der Waals surface area contributed by atoms with Gasteiger partial charge in [0, 0.05) is 12.2 Å². The molecule has 0 unspecified atom stereocenters. The first-order valence-electron chi connectivity index (χ1n) is 6.32. The van der Waals surface area contributed by atoms with E-state index in [-0.39, 0.29) is 10.7 Å².